The number of rotatable bonds is 6. The first-order valence-corrected chi connectivity index (χ1v) is 6.96. The van der Waals surface area contributed by atoms with Gasteiger partial charge in [-0.3, -0.25) is 4.79 Å². The van der Waals surface area contributed by atoms with E-state index in [1.807, 2.05) is 6.07 Å². The molecule has 1 saturated heterocycles. The molecule has 1 fully saturated rings. The van der Waals surface area contributed by atoms with Gasteiger partial charge in [-0.15, -0.1) is 0 Å². The zero-order valence-electron chi connectivity index (χ0n) is 11.1. The van der Waals surface area contributed by atoms with Gasteiger partial charge in [0.2, 0.25) is 5.91 Å². The van der Waals surface area contributed by atoms with Gasteiger partial charge in [-0.25, -0.2) is 4.39 Å². The molecule has 1 heterocycles. The fourth-order valence-electron chi connectivity index (χ4n) is 2.42. The molecule has 0 radical (unpaired) electrons. The summed E-state index contributed by atoms with van der Waals surface area (Å²) in [6, 6.07) is 6.51. The normalized spacial score (nSPS) is 18.5. The SMILES string of the molecule is O=C(CCC1CCNC1)NCCc1cccc(F)c1. The monoisotopic (exact) mass is 264 g/mol. The molecule has 19 heavy (non-hydrogen) atoms. The maximum absolute atomic E-state index is 13.0. The number of hydrogen-bond donors (Lipinski definition) is 2. The first-order chi connectivity index (χ1) is 9.24. The third kappa shape index (κ3) is 4.99. The first kappa shape index (κ1) is 14.0. The molecule has 4 heteroatoms. The summed E-state index contributed by atoms with van der Waals surface area (Å²) in [6.07, 6.45) is 3.40. The van der Waals surface area contributed by atoms with E-state index in [-0.39, 0.29) is 11.7 Å². The molecule has 1 aromatic rings. The Kier molecular flexibility index (Phi) is 5.33. The highest BCUT2D eigenvalue weighted by Crippen LogP contribution is 2.13. The van der Waals surface area contributed by atoms with Gasteiger partial charge in [0, 0.05) is 13.0 Å². The molecule has 0 spiro atoms. The maximum atomic E-state index is 13.0. The molecule has 1 aliphatic rings. The van der Waals surface area contributed by atoms with Crippen molar-refractivity contribution in [3.8, 4) is 0 Å². The summed E-state index contributed by atoms with van der Waals surface area (Å²) >= 11 is 0. The lowest BCUT2D eigenvalue weighted by atomic mass is 10.0. The Hall–Kier alpha value is -1.42. The zero-order chi connectivity index (χ0) is 13.5. The minimum Gasteiger partial charge on any atom is -0.356 e. The Balaban J connectivity index is 1.60. The van der Waals surface area contributed by atoms with E-state index in [0.717, 1.165) is 25.1 Å². The number of carbonyl (C=O) groups excluding carboxylic acids is 1. The summed E-state index contributed by atoms with van der Waals surface area (Å²) in [4.78, 5) is 11.7. The van der Waals surface area contributed by atoms with Crippen LogP contribution in [0.15, 0.2) is 24.3 Å². The molecule has 0 aliphatic carbocycles. The number of benzene rings is 1. The van der Waals surface area contributed by atoms with Crippen LogP contribution in [-0.2, 0) is 11.2 Å². The van der Waals surface area contributed by atoms with Gasteiger partial charge in [-0.05, 0) is 56.0 Å². The van der Waals surface area contributed by atoms with Crippen molar-refractivity contribution >= 4 is 5.91 Å². The van der Waals surface area contributed by atoms with Crippen molar-refractivity contribution in [2.45, 2.75) is 25.7 Å². The first-order valence-electron chi connectivity index (χ1n) is 6.96. The fraction of sp³-hybridized carbons (Fsp3) is 0.533. The largest absolute Gasteiger partial charge is 0.356 e. The molecule has 3 nitrogen and oxygen atoms in total. The van der Waals surface area contributed by atoms with Crippen molar-refractivity contribution in [2.75, 3.05) is 19.6 Å². The van der Waals surface area contributed by atoms with Gasteiger partial charge in [0.05, 0.1) is 0 Å². The van der Waals surface area contributed by atoms with Gasteiger partial charge in [-0.2, -0.15) is 0 Å². The number of hydrogen-bond acceptors (Lipinski definition) is 2. The average Bonchev–Trinajstić information content (AvgIpc) is 2.89. The van der Waals surface area contributed by atoms with Gasteiger partial charge < -0.3 is 10.6 Å². The Morgan fingerprint density at radius 1 is 1.47 bits per heavy atom. The summed E-state index contributed by atoms with van der Waals surface area (Å²) in [7, 11) is 0. The van der Waals surface area contributed by atoms with E-state index in [9.17, 15) is 9.18 Å². The van der Waals surface area contributed by atoms with E-state index in [1.54, 1.807) is 6.07 Å². The zero-order valence-corrected chi connectivity index (χ0v) is 11.1. The van der Waals surface area contributed by atoms with Crippen molar-refractivity contribution in [3.05, 3.63) is 35.6 Å². The summed E-state index contributed by atoms with van der Waals surface area (Å²) in [5, 5.41) is 6.19. The van der Waals surface area contributed by atoms with E-state index < -0.39 is 0 Å². The second-order valence-electron chi connectivity index (χ2n) is 5.13. The maximum Gasteiger partial charge on any atom is 0.220 e. The lowest BCUT2D eigenvalue weighted by Crippen LogP contribution is -2.26. The van der Waals surface area contributed by atoms with Gasteiger partial charge in [0.15, 0.2) is 0 Å². The van der Waals surface area contributed by atoms with Crippen molar-refractivity contribution < 1.29 is 9.18 Å². The van der Waals surface area contributed by atoms with Crippen LogP contribution >= 0.6 is 0 Å². The molecule has 104 valence electrons. The van der Waals surface area contributed by atoms with E-state index in [0.29, 0.717) is 25.3 Å². The molecule has 0 aromatic heterocycles. The molecule has 2 N–H and O–H groups in total. The average molecular weight is 264 g/mol. The standard InChI is InChI=1S/C15H21FN2O/c16-14-3-1-2-12(10-14)7-9-18-15(19)5-4-13-6-8-17-11-13/h1-3,10,13,17H,4-9,11H2,(H,18,19). The van der Waals surface area contributed by atoms with Crippen LogP contribution in [0, 0.1) is 11.7 Å². The second kappa shape index (κ2) is 7.24. The van der Waals surface area contributed by atoms with E-state index >= 15 is 0 Å². The summed E-state index contributed by atoms with van der Waals surface area (Å²) < 4.78 is 13.0. The van der Waals surface area contributed by atoms with Crippen LogP contribution in [0.1, 0.15) is 24.8 Å². The molecular weight excluding hydrogens is 243 g/mol. The summed E-state index contributed by atoms with van der Waals surface area (Å²) in [6.45, 7) is 2.69. The molecular formula is C15H21FN2O. The minimum absolute atomic E-state index is 0.100. The summed E-state index contributed by atoms with van der Waals surface area (Å²) in [5.74, 6) is 0.523. The second-order valence-corrected chi connectivity index (χ2v) is 5.13. The van der Waals surface area contributed by atoms with E-state index in [1.165, 1.54) is 18.6 Å². The third-order valence-corrected chi connectivity index (χ3v) is 3.57. The number of amides is 1. The van der Waals surface area contributed by atoms with Gasteiger partial charge in [0.25, 0.3) is 0 Å². The number of nitrogens with one attached hydrogen (secondary N) is 2. The topological polar surface area (TPSA) is 41.1 Å². The smallest absolute Gasteiger partial charge is 0.220 e. The number of carbonyl (C=O) groups is 1. The molecule has 1 unspecified atom stereocenters. The Labute approximate surface area is 113 Å². The predicted molar refractivity (Wildman–Crippen MR) is 73.3 cm³/mol. The predicted octanol–water partition coefficient (Wildman–Crippen LogP) is 1.87. The van der Waals surface area contributed by atoms with Crippen molar-refractivity contribution in [2.24, 2.45) is 5.92 Å². The lowest BCUT2D eigenvalue weighted by Gasteiger charge is -2.08. The molecule has 1 aliphatic heterocycles. The molecule has 0 saturated carbocycles. The van der Waals surface area contributed by atoms with Crippen LogP contribution in [0.4, 0.5) is 4.39 Å². The van der Waals surface area contributed by atoms with Gasteiger partial charge in [0.1, 0.15) is 5.82 Å². The number of halogens is 1. The molecule has 0 bridgehead atoms. The summed E-state index contributed by atoms with van der Waals surface area (Å²) in [5.41, 5.74) is 0.917. The van der Waals surface area contributed by atoms with Gasteiger partial charge in [-0.1, -0.05) is 12.1 Å². The van der Waals surface area contributed by atoms with Crippen molar-refractivity contribution in [1.29, 1.82) is 0 Å². The van der Waals surface area contributed by atoms with Crippen LogP contribution in [0.5, 0.6) is 0 Å². The minimum atomic E-state index is -0.224. The van der Waals surface area contributed by atoms with Crippen LogP contribution in [0.3, 0.4) is 0 Å². The Bertz CT molecular complexity index is 416. The molecule has 2 rings (SSSR count). The molecule has 1 amide bonds. The highest BCUT2D eigenvalue weighted by Gasteiger charge is 2.15. The quantitative estimate of drug-likeness (QED) is 0.823. The Morgan fingerprint density at radius 2 is 2.37 bits per heavy atom. The molecule has 1 aromatic carbocycles. The molecule has 1 atom stereocenters. The van der Waals surface area contributed by atoms with Crippen LogP contribution < -0.4 is 10.6 Å². The fourth-order valence-corrected chi connectivity index (χ4v) is 2.42. The van der Waals surface area contributed by atoms with Crippen LogP contribution in [-0.4, -0.2) is 25.5 Å². The van der Waals surface area contributed by atoms with Crippen molar-refractivity contribution in [1.82, 2.24) is 10.6 Å². The van der Waals surface area contributed by atoms with E-state index in [4.69, 9.17) is 0 Å². The van der Waals surface area contributed by atoms with E-state index in [2.05, 4.69) is 10.6 Å². The van der Waals surface area contributed by atoms with Crippen LogP contribution in [0.2, 0.25) is 0 Å². The van der Waals surface area contributed by atoms with Crippen LogP contribution in [0.25, 0.3) is 0 Å². The Morgan fingerprint density at radius 3 is 3.11 bits per heavy atom. The highest BCUT2D eigenvalue weighted by molar-refractivity contribution is 5.75. The third-order valence-electron chi connectivity index (χ3n) is 3.57. The highest BCUT2D eigenvalue weighted by atomic mass is 19.1. The lowest BCUT2D eigenvalue weighted by molar-refractivity contribution is -0.121. The van der Waals surface area contributed by atoms with Gasteiger partial charge >= 0.3 is 0 Å². The van der Waals surface area contributed by atoms with Crippen molar-refractivity contribution in [3.63, 3.8) is 0 Å².